The first-order valence-corrected chi connectivity index (χ1v) is 8.70. The van der Waals surface area contributed by atoms with Gasteiger partial charge in [0.15, 0.2) is 0 Å². The Morgan fingerprint density at radius 2 is 2.25 bits per heavy atom. The van der Waals surface area contributed by atoms with Gasteiger partial charge in [0.25, 0.3) is 0 Å². The molecule has 2 rings (SSSR count). The van der Waals surface area contributed by atoms with Gasteiger partial charge in [0.1, 0.15) is 16.0 Å². The molecule has 1 aliphatic heterocycles. The molecule has 2 N–H and O–H groups in total. The minimum atomic E-state index is -3.69. The fraction of sp³-hybridized carbons (Fsp3) is 0.364. The Hall–Kier alpha value is -0.250. The van der Waals surface area contributed by atoms with Crippen molar-refractivity contribution in [2.45, 2.75) is 11.0 Å². The summed E-state index contributed by atoms with van der Waals surface area (Å²) in [5, 5.41) is 0.165. The summed E-state index contributed by atoms with van der Waals surface area (Å²) in [5.41, 5.74) is 5.51. The molecule has 1 aromatic rings. The largest absolute Gasteiger partial charge is 0.391 e. The van der Waals surface area contributed by atoms with Crippen molar-refractivity contribution in [1.82, 2.24) is 4.31 Å². The van der Waals surface area contributed by atoms with Gasteiger partial charge in [0.05, 0.1) is 11.6 Å². The van der Waals surface area contributed by atoms with Gasteiger partial charge in [0.2, 0.25) is 10.0 Å². The smallest absolute Gasteiger partial charge is 0.244 e. The SMILES string of the molecule is NC(=S)C1CN(S(=O)(=O)c2ccc(Br)cc2Cl)CCO1. The summed E-state index contributed by atoms with van der Waals surface area (Å²) < 4.78 is 32.5. The highest BCUT2D eigenvalue weighted by Crippen LogP contribution is 2.28. The number of rotatable bonds is 3. The summed E-state index contributed by atoms with van der Waals surface area (Å²) >= 11 is 14.1. The normalized spacial score (nSPS) is 20.8. The fourth-order valence-electron chi connectivity index (χ4n) is 1.84. The summed E-state index contributed by atoms with van der Waals surface area (Å²) in [6, 6.07) is 4.64. The van der Waals surface area contributed by atoms with Crippen LogP contribution in [0.2, 0.25) is 5.02 Å². The Labute approximate surface area is 136 Å². The van der Waals surface area contributed by atoms with E-state index < -0.39 is 16.1 Å². The number of nitrogens with zero attached hydrogens (tertiary/aromatic N) is 1. The molecule has 0 amide bonds. The summed E-state index contributed by atoms with van der Waals surface area (Å²) in [6.45, 7) is 0.591. The topological polar surface area (TPSA) is 72.6 Å². The molecule has 1 aromatic carbocycles. The van der Waals surface area contributed by atoms with Crippen LogP contribution in [0.3, 0.4) is 0 Å². The van der Waals surface area contributed by atoms with Gasteiger partial charge >= 0.3 is 0 Å². The van der Waals surface area contributed by atoms with Crippen LogP contribution in [0, 0.1) is 0 Å². The van der Waals surface area contributed by atoms with E-state index in [1.54, 1.807) is 12.1 Å². The number of thiocarbonyl (C=S) groups is 1. The number of benzene rings is 1. The van der Waals surface area contributed by atoms with Crippen LogP contribution in [-0.2, 0) is 14.8 Å². The van der Waals surface area contributed by atoms with Crippen LogP contribution < -0.4 is 5.73 Å². The van der Waals surface area contributed by atoms with Gasteiger partial charge in [-0.25, -0.2) is 8.42 Å². The number of nitrogens with two attached hydrogens (primary N) is 1. The molecule has 0 bridgehead atoms. The van der Waals surface area contributed by atoms with E-state index in [0.29, 0.717) is 4.47 Å². The van der Waals surface area contributed by atoms with Crippen LogP contribution in [-0.4, -0.2) is 43.5 Å². The summed E-state index contributed by atoms with van der Waals surface area (Å²) in [7, 11) is -3.69. The zero-order chi connectivity index (χ0) is 14.9. The van der Waals surface area contributed by atoms with Crippen LogP contribution in [0.4, 0.5) is 0 Å². The molecule has 9 heteroatoms. The average molecular weight is 400 g/mol. The monoisotopic (exact) mass is 398 g/mol. The van der Waals surface area contributed by atoms with Crippen LogP contribution >= 0.6 is 39.7 Å². The first-order valence-electron chi connectivity index (χ1n) is 5.68. The third-order valence-corrected chi connectivity index (χ3v) is 5.96. The molecule has 110 valence electrons. The van der Waals surface area contributed by atoms with E-state index in [2.05, 4.69) is 15.9 Å². The van der Waals surface area contributed by atoms with Gasteiger partial charge < -0.3 is 10.5 Å². The van der Waals surface area contributed by atoms with Crippen molar-refractivity contribution in [1.29, 1.82) is 0 Å². The van der Waals surface area contributed by atoms with Crippen molar-refractivity contribution in [2.24, 2.45) is 5.73 Å². The molecule has 1 fully saturated rings. The summed E-state index contributed by atoms with van der Waals surface area (Å²) in [4.78, 5) is 0.206. The Kier molecular flexibility index (Phi) is 5.04. The number of morpholine rings is 1. The molecule has 1 heterocycles. The minimum Gasteiger partial charge on any atom is -0.391 e. The average Bonchev–Trinajstić information content (AvgIpc) is 2.38. The van der Waals surface area contributed by atoms with Gasteiger partial charge in [-0.15, -0.1) is 0 Å². The zero-order valence-electron chi connectivity index (χ0n) is 10.3. The third-order valence-electron chi connectivity index (χ3n) is 2.86. The van der Waals surface area contributed by atoms with Crippen molar-refractivity contribution in [2.75, 3.05) is 19.7 Å². The lowest BCUT2D eigenvalue weighted by molar-refractivity contribution is 0.0386. The molecule has 5 nitrogen and oxygen atoms in total. The molecule has 0 radical (unpaired) electrons. The molecule has 0 saturated carbocycles. The fourth-order valence-corrected chi connectivity index (χ4v) is 4.42. The number of halogens is 2. The van der Waals surface area contributed by atoms with Crippen molar-refractivity contribution >= 4 is 54.8 Å². The van der Waals surface area contributed by atoms with Gasteiger partial charge in [-0.05, 0) is 18.2 Å². The predicted octanol–water partition coefficient (Wildman–Crippen LogP) is 1.78. The van der Waals surface area contributed by atoms with Gasteiger partial charge in [-0.3, -0.25) is 0 Å². The van der Waals surface area contributed by atoms with E-state index in [9.17, 15) is 8.42 Å². The second-order valence-electron chi connectivity index (χ2n) is 4.20. The van der Waals surface area contributed by atoms with Crippen LogP contribution in [0.5, 0.6) is 0 Å². The molecular weight excluding hydrogens is 388 g/mol. The van der Waals surface area contributed by atoms with E-state index in [-0.39, 0.29) is 34.6 Å². The van der Waals surface area contributed by atoms with E-state index in [1.807, 2.05) is 0 Å². The maximum Gasteiger partial charge on any atom is 0.244 e. The van der Waals surface area contributed by atoms with Crippen LogP contribution in [0.25, 0.3) is 0 Å². The molecule has 1 aliphatic rings. The van der Waals surface area contributed by atoms with Crippen LogP contribution in [0.1, 0.15) is 0 Å². The zero-order valence-corrected chi connectivity index (χ0v) is 14.2. The molecule has 1 atom stereocenters. The maximum absolute atomic E-state index is 12.6. The lowest BCUT2D eigenvalue weighted by Crippen LogP contribution is -2.49. The predicted molar refractivity (Wildman–Crippen MR) is 84.4 cm³/mol. The molecule has 1 unspecified atom stereocenters. The highest BCUT2D eigenvalue weighted by atomic mass is 79.9. The van der Waals surface area contributed by atoms with E-state index in [1.165, 1.54) is 10.4 Å². The molecule has 0 aromatic heterocycles. The number of hydrogen-bond acceptors (Lipinski definition) is 4. The second kappa shape index (κ2) is 6.25. The van der Waals surface area contributed by atoms with E-state index in [0.717, 1.165) is 0 Å². The van der Waals surface area contributed by atoms with Crippen molar-refractivity contribution in [3.05, 3.63) is 27.7 Å². The highest BCUT2D eigenvalue weighted by molar-refractivity contribution is 9.10. The Bertz CT molecular complexity index is 639. The first-order chi connectivity index (χ1) is 9.32. The Morgan fingerprint density at radius 3 is 2.85 bits per heavy atom. The van der Waals surface area contributed by atoms with Gasteiger partial charge in [0, 0.05) is 17.6 Å². The maximum atomic E-state index is 12.6. The van der Waals surface area contributed by atoms with Crippen molar-refractivity contribution in [3.63, 3.8) is 0 Å². The molecule has 0 spiro atoms. The minimum absolute atomic E-state index is 0.0611. The number of ether oxygens (including phenoxy) is 1. The van der Waals surface area contributed by atoms with Crippen LogP contribution in [0.15, 0.2) is 27.6 Å². The number of hydrogen-bond donors (Lipinski definition) is 1. The molecule has 0 aliphatic carbocycles. The number of sulfonamides is 1. The van der Waals surface area contributed by atoms with Gasteiger partial charge in [-0.1, -0.05) is 39.7 Å². The van der Waals surface area contributed by atoms with Crippen molar-refractivity contribution in [3.8, 4) is 0 Å². The lowest BCUT2D eigenvalue weighted by Gasteiger charge is -2.31. The molecule has 20 heavy (non-hydrogen) atoms. The highest BCUT2D eigenvalue weighted by Gasteiger charge is 2.33. The quantitative estimate of drug-likeness (QED) is 0.784. The summed E-state index contributed by atoms with van der Waals surface area (Å²) in [6.07, 6.45) is -0.567. The van der Waals surface area contributed by atoms with Gasteiger partial charge in [-0.2, -0.15) is 4.31 Å². The molecular formula is C11H12BrClN2O3S2. The molecule has 1 saturated heterocycles. The van der Waals surface area contributed by atoms with E-state index in [4.69, 9.17) is 34.3 Å². The second-order valence-corrected chi connectivity index (χ2v) is 7.90. The van der Waals surface area contributed by atoms with Crippen molar-refractivity contribution < 1.29 is 13.2 Å². The first kappa shape index (κ1) is 16.1. The standard InChI is InChI=1S/C11H12BrClN2O3S2/c12-7-1-2-10(8(13)5-7)20(16,17)15-3-4-18-9(6-15)11(14)19/h1-2,5,9H,3-4,6H2,(H2,14,19). The Balaban J connectivity index is 2.32. The van der Waals surface area contributed by atoms with E-state index >= 15 is 0 Å². The lowest BCUT2D eigenvalue weighted by atomic mass is 10.3. The third kappa shape index (κ3) is 3.32. The Morgan fingerprint density at radius 1 is 1.55 bits per heavy atom. The summed E-state index contributed by atoms with van der Waals surface area (Å²) in [5.74, 6) is 0.